The number of aromatic nitrogens is 3. The molecule has 1 atom stereocenters. The number of halogens is 3. The van der Waals surface area contributed by atoms with Gasteiger partial charge in [-0.1, -0.05) is 13.3 Å². The van der Waals surface area contributed by atoms with Crippen LogP contribution in [0.1, 0.15) is 50.2 Å². The molecule has 0 bridgehead atoms. The van der Waals surface area contributed by atoms with E-state index in [2.05, 4.69) is 15.5 Å². The molecule has 0 aromatic carbocycles. The van der Waals surface area contributed by atoms with E-state index in [-0.39, 0.29) is 24.8 Å². The van der Waals surface area contributed by atoms with E-state index in [0.717, 1.165) is 12.8 Å². The van der Waals surface area contributed by atoms with Crippen LogP contribution in [-0.4, -0.2) is 45.5 Å². The first-order valence-corrected chi connectivity index (χ1v) is 7.82. The first-order chi connectivity index (χ1) is 10.8. The summed E-state index contributed by atoms with van der Waals surface area (Å²) in [5.74, 6) is -1.22. The maximum Gasteiger partial charge on any atom is 0.398 e. The highest BCUT2D eigenvalue weighted by molar-refractivity contribution is 5.73. The zero-order chi connectivity index (χ0) is 17.0. The fourth-order valence-electron chi connectivity index (χ4n) is 2.65. The first-order valence-electron chi connectivity index (χ1n) is 7.82. The van der Waals surface area contributed by atoms with Crippen molar-refractivity contribution in [2.24, 2.45) is 0 Å². The Labute approximate surface area is 133 Å². The minimum Gasteiger partial charge on any atom is -0.338 e. The molecule has 0 radical (unpaired) electrons. The standard InChI is InChI=1S/C14H22F3N5O/c1-3-4-7-18-13(23)21(2)9-11-19-20-12-10(14(15,16)17)6-5-8-22(11)12/h10H,3-9H2,1-2H3,(H,18,23). The third-order valence-electron chi connectivity index (χ3n) is 3.97. The monoisotopic (exact) mass is 333 g/mol. The Bertz CT molecular complexity index is 543. The zero-order valence-corrected chi connectivity index (χ0v) is 13.4. The molecule has 1 unspecified atom stereocenters. The van der Waals surface area contributed by atoms with Crippen LogP contribution in [0.15, 0.2) is 0 Å². The molecule has 2 amide bonds. The predicted octanol–water partition coefficient (Wildman–Crippen LogP) is 2.66. The molecule has 130 valence electrons. The number of urea groups is 1. The number of rotatable bonds is 5. The normalized spacial score (nSPS) is 17.7. The largest absolute Gasteiger partial charge is 0.398 e. The second-order valence-electron chi connectivity index (χ2n) is 5.80. The summed E-state index contributed by atoms with van der Waals surface area (Å²) >= 11 is 0. The molecular formula is C14H22F3N5O. The Hall–Kier alpha value is -1.80. The van der Waals surface area contributed by atoms with Crippen LogP contribution in [0, 0.1) is 0 Å². The van der Waals surface area contributed by atoms with Crippen LogP contribution in [0.2, 0.25) is 0 Å². The van der Waals surface area contributed by atoms with Crippen LogP contribution in [0.5, 0.6) is 0 Å². The van der Waals surface area contributed by atoms with Gasteiger partial charge in [0.1, 0.15) is 11.7 Å². The van der Waals surface area contributed by atoms with Gasteiger partial charge >= 0.3 is 12.2 Å². The molecule has 9 heteroatoms. The van der Waals surface area contributed by atoms with Gasteiger partial charge in [0.15, 0.2) is 5.82 Å². The summed E-state index contributed by atoms with van der Waals surface area (Å²) in [6, 6.07) is -0.265. The van der Waals surface area contributed by atoms with Crippen LogP contribution < -0.4 is 5.32 Å². The topological polar surface area (TPSA) is 63.1 Å². The summed E-state index contributed by atoms with van der Waals surface area (Å²) in [6.07, 6.45) is -2.00. The highest BCUT2D eigenvalue weighted by atomic mass is 19.4. The Balaban J connectivity index is 2.05. The number of carbonyl (C=O) groups is 1. The molecule has 1 aliphatic heterocycles. The summed E-state index contributed by atoms with van der Waals surface area (Å²) in [7, 11) is 1.59. The van der Waals surface area contributed by atoms with Gasteiger partial charge in [0.2, 0.25) is 0 Å². The number of alkyl halides is 3. The summed E-state index contributed by atoms with van der Waals surface area (Å²) in [4.78, 5) is 13.3. The maximum absolute atomic E-state index is 13.0. The fraction of sp³-hybridized carbons (Fsp3) is 0.786. The van der Waals surface area contributed by atoms with Crippen molar-refractivity contribution in [3.05, 3.63) is 11.6 Å². The molecule has 1 N–H and O–H groups in total. The zero-order valence-electron chi connectivity index (χ0n) is 13.4. The molecule has 23 heavy (non-hydrogen) atoms. The van der Waals surface area contributed by atoms with Gasteiger partial charge in [0, 0.05) is 20.1 Å². The van der Waals surface area contributed by atoms with Crippen molar-refractivity contribution in [1.82, 2.24) is 25.0 Å². The number of hydrogen-bond acceptors (Lipinski definition) is 3. The number of carbonyl (C=O) groups excluding carboxylic acids is 1. The first kappa shape index (κ1) is 17.6. The molecule has 2 rings (SSSR count). The molecule has 1 aromatic heterocycles. The highest BCUT2D eigenvalue weighted by Crippen LogP contribution is 2.40. The van der Waals surface area contributed by atoms with E-state index in [1.165, 1.54) is 9.47 Å². The van der Waals surface area contributed by atoms with Gasteiger partial charge in [-0.2, -0.15) is 13.2 Å². The molecule has 0 spiro atoms. The lowest BCUT2D eigenvalue weighted by molar-refractivity contribution is -0.156. The summed E-state index contributed by atoms with van der Waals surface area (Å²) in [6.45, 7) is 3.19. The van der Waals surface area contributed by atoms with Gasteiger partial charge < -0.3 is 14.8 Å². The van der Waals surface area contributed by atoms with E-state index in [1.807, 2.05) is 6.92 Å². The molecule has 0 saturated carbocycles. The minimum absolute atomic E-state index is 0.0367. The SMILES string of the molecule is CCCCNC(=O)N(C)Cc1nnc2n1CCCC2C(F)(F)F. The van der Waals surface area contributed by atoms with Crippen molar-refractivity contribution < 1.29 is 18.0 Å². The van der Waals surface area contributed by atoms with Gasteiger partial charge in [-0.05, 0) is 19.3 Å². The molecule has 0 aliphatic carbocycles. The maximum atomic E-state index is 13.0. The average Bonchev–Trinajstić information content (AvgIpc) is 2.89. The van der Waals surface area contributed by atoms with Crippen molar-refractivity contribution in [1.29, 1.82) is 0 Å². The molecule has 0 saturated heterocycles. The minimum atomic E-state index is -4.31. The van der Waals surface area contributed by atoms with Gasteiger partial charge in [-0.3, -0.25) is 0 Å². The lowest BCUT2D eigenvalue weighted by Gasteiger charge is -2.26. The lowest BCUT2D eigenvalue weighted by Crippen LogP contribution is -2.38. The van der Waals surface area contributed by atoms with Crippen LogP contribution in [0.25, 0.3) is 0 Å². The number of amides is 2. The van der Waals surface area contributed by atoms with Gasteiger partial charge in [0.05, 0.1) is 6.54 Å². The van der Waals surface area contributed by atoms with E-state index in [1.54, 1.807) is 7.05 Å². The van der Waals surface area contributed by atoms with Gasteiger partial charge in [-0.15, -0.1) is 10.2 Å². The van der Waals surface area contributed by atoms with Crippen LogP contribution >= 0.6 is 0 Å². The van der Waals surface area contributed by atoms with Crippen molar-refractivity contribution in [2.45, 2.75) is 57.8 Å². The molecule has 0 fully saturated rings. The van der Waals surface area contributed by atoms with Gasteiger partial charge in [-0.25, -0.2) is 4.79 Å². The summed E-state index contributed by atoms with van der Waals surface area (Å²) in [5.41, 5.74) is 0. The number of nitrogens with one attached hydrogen (secondary N) is 1. The van der Waals surface area contributed by atoms with Gasteiger partial charge in [0.25, 0.3) is 0 Å². The number of unbranched alkanes of at least 4 members (excludes halogenated alkanes) is 1. The molecule has 6 nitrogen and oxygen atoms in total. The predicted molar refractivity (Wildman–Crippen MR) is 77.8 cm³/mol. The van der Waals surface area contributed by atoms with E-state index < -0.39 is 12.1 Å². The summed E-state index contributed by atoms with van der Waals surface area (Å²) < 4.78 is 40.6. The Morgan fingerprint density at radius 1 is 1.43 bits per heavy atom. The molecular weight excluding hydrogens is 311 g/mol. The lowest BCUT2D eigenvalue weighted by atomic mass is 9.98. The second-order valence-corrected chi connectivity index (χ2v) is 5.80. The third kappa shape index (κ3) is 4.14. The Kier molecular flexibility index (Phi) is 5.48. The van der Waals surface area contributed by atoms with Crippen molar-refractivity contribution in [3.63, 3.8) is 0 Å². The smallest absolute Gasteiger partial charge is 0.338 e. The molecule has 1 aromatic rings. The van der Waals surface area contributed by atoms with Crippen molar-refractivity contribution in [3.8, 4) is 0 Å². The Morgan fingerprint density at radius 3 is 2.83 bits per heavy atom. The Morgan fingerprint density at radius 2 is 2.17 bits per heavy atom. The van der Waals surface area contributed by atoms with Crippen LogP contribution in [0.4, 0.5) is 18.0 Å². The van der Waals surface area contributed by atoms with Crippen molar-refractivity contribution in [2.75, 3.05) is 13.6 Å². The van der Waals surface area contributed by atoms with E-state index >= 15 is 0 Å². The average molecular weight is 333 g/mol. The van der Waals surface area contributed by atoms with Crippen LogP contribution in [0.3, 0.4) is 0 Å². The fourth-order valence-corrected chi connectivity index (χ4v) is 2.65. The molecule has 1 aliphatic rings. The summed E-state index contributed by atoms with van der Waals surface area (Å²) in [5, 5.41) is 10.4. The number of hydrogen-bond donors (Lipinski definition) is 1. The highest BCUT2D eigenvalue weighted by Gasteiger charge is 2.45. The quantitative estimate of drug-likeness (QED) is 0.843. The molecule has 2 heterocycles. The van der Waals surface area contributed by atoms with E-state index in [9.17, 15) is 18.0 Å². The van der Waals surface area contributed by atoms with E-state index in [4.69, 9.17) is 0 Å². The number of nitrogens with zero attached hydrogens (tertiary/aromatic N) is 4. The number of fused-ring (bicyclic) bond motifs is 1. The van der Waals surface area contributed by atoms with Crippen LogP contribution in [-0.2, 0) is 13.1 Å². The van der Waals surface area contributed by atoms with E-state index in [0.29, 0.717) is 25.3 Å². The van der Waals surface area contributed by atoms with Crippen molar-refractivity contribution >= 4 is 6.03 Å². The third-order valence-corrected chi connectivity index (χ3v) is 3.97. The second kappa shape index (κ2) is 7.18.